The second-order valence-corrected chi connectivity index (χ2v) is 5.37. The van der Waals surface area contributed by atoms with Crippen LogP contribution in [0, 0.1) is 0 Å². The minimum absolute atomic E-state index is 0.0851. The number of ether oxygens (including phenoxy) is 1. The Labute approximate surface area is 126 Å². The topological polar surface area (TPSA) is 85.5 Å². The molecule has 6 nitrogen and oxygen atoms in total. The maximum Gasteiger partial charge on any atom is 0.342 e. The van der Waals surface area contributed by atoms with Gasteiger partial charge in [-0.25, -0.2) is 9.78 Å². The molecular weight excluding hydrogens is 290 g/mol. The van der Waals surface area contributed by atoms with Gasteiger partial charge in [0.2, 0.25) is 0 Å². The first-order chi connectivity index (χ1) is 10.1. The number of thiophene rings is 1. The fourth-order valence-electron chi connectivity index (χ4n) is 1.63. The summed E-state index contributed by atoms with van der Waals surface area (Å²) in [7, 11) is 1.66. The van der Waals surface area contributed by atoms with Crippen LogP contribution in [-0.4, -0.2) is 35.4 Å². The lowest BCUT2D eigenvalue weighted by Gasteiger charge is -2.16. The van der Waals surface area contributed by atoms with Crippen LogP contribution in [0.1, 0.15) is 15.2 Å². The average Bonchev–Trinajstić information content (AvgIpc) is 2.97. The van der Waals surface area contributed by atoms with Crippen LogP contribution in [0.5, 0.6) is 0 Å². The number of pyridine rings is 1. The van der Waals surface area contributed by atoms with E-state index in [1.807, 2.05) is 17.5 Å². The van der Waals surface area contributed by atoms with E-state index in [1.54, 1.807) is 24.5 Å². The molecule has 0 atom stereocenters. The first kappa shape index (κ1) is 15.0. The van der Waals surface area contributed by atoms with Crippen LogP contribution in [-0.2, 0) is 16.1 Å². The minimum atomic E-state index is -0.654. The van der Waals surface area contributed by atoms with Gasteiger partial charge in [0.15, 0.2) is 6.61 Å². The third-order valence-electron chi connectivity index (χ3n) is 2.78. The maximum absolute atomic E-state index is 11.9. The zero-order valence-electron chi connectivity index (χ0n) is 11.5. The molecule has 0 fully saturated rings. The number of carbonyl (C=O) groups excluding carboxylic acids is 2. The molecule has 0 aliphatic rings. The van der Waals surface area contributed by atoms with Crippen molar-refractivity contribution in [2.75, 3.05) is 19.4 Å². The Hall–Kier alpha value is -2.41. The molecule has 7 heteroatoms. The van der Waals surface area contributed by atoms with Gasteiger partial charge in [-0.05, 0) is 23.6 Å². The van der Waals surface area contributed by atoms with Gasteiger partial charge in [-0.2, -0.15) is 0 Å². The molecule has 0 aliphatic carbocycles. The monoisotopic (exact) mass is 305 g/mol. The van der Waals surface area contributed by atoms with E-state index in [9.17, 15) is 9.59 Å². The van der Waals surface area contributed by atoms with Crippen LogP contribution in [0.25, 0.3) is 0 Å². The van der Waals surface area contributed by atoms with Crippen molar-refractivity contribution in [2.45, 2.75) is 6.54 Å². The van der Waals surface area contributed by atoms with Crippen LogP contribution in [0.4, 0.5) is 5.82 Å². The van der Waals surface area contributed by atoms with Crippen LogP contribution < -0.4 is 5.73 Å². The van der Waals surface area contributed by atoms with Gasteiger partial charge >= 0.3 is 5.97 Å². The summed E-state index contributed by atoms with van der Waals surface area (Å²) in [6.07, 6.45) is 1.48. The number of rotatable bonds is 5. The summed E-state index contributed by atoms with van der Waals surface area (Å²) in [5.41, 5.74) is 5.73. The normalized spacial score (nSPS) is 10.1. The summed E-state index contributed by atoms with van der Waals surface area (Å²) in [5, 5.41) is 1.94. The lowest BCUT2D eigenvalue weighted by Crippen LogP contribution is -2.30. The minimum Gasteiger partial charge on any atom is -0.452 e. The Bertz CT molecular complexity index is 628. The van der Waals surface area contributed by atoms with Gasteiger partial charge in [0, 0.05) is 18.1 Å². The van der Waals surface area contributed by atoms with Crippen LogP contribution in [0.2, 0.25) is 0 Å². The Morgan fingerprint density at radius 2 is 2.19 bits per heavy atom. The summed E-state index contributed by atoms with van der Waals surface area (Å²) >= 11 is 1.57. The Morgan fingerprint density at radius 1 is 1.38 bits per heavy atom. The molecule has 2 aromatic heterocycles. The van der Waals surface area contributed by atoms with E-state index in [1.165, 1.54) is 17.2 Å². The van der Waals surface area contributed by atoms with E-state index in [0.29, 0.717) is 6.54 Å². The molecule has 0 bridgehead atoms. The van der Waals surface area contributed by atoms with Gasteiger partial charge in [-0.3, -0.25) is 4.79 Å². The van der Waals surface area contributed by atoms with Gasteiger partial charge in [0.25, 0.3) is 5.91 Å². The lowest BCUT2D eigenvalue weighted by molar-refractivity contribution is -0.133. The van der Waals surface area contributed by atoms with Crippen molar-refractivity contribution in [3.05, 3.63) is 46.3 Å². The number of likely N-dealkylation sites (N-methyl/N-ethyl adjacent to an activating group) is 1. The van der Waals surface area contributed by atoms with Crippen LogP contribution >= 0.6 is 11.3 Å². The number of esters is 1. The van der Waals surface area contributed by atoms with Crippen molar-refractivity contribution in [1.29, 1.82) is 0 Å². The summed E-state index contributed by atoms with van der Waals surface area (Å²) in [5.74, 6) is -0.848. The van der Waals surface area contributed by atoms with Crippen LogP contribution in [0.3, 0.4) is 0 Å². The lowest BCUT2D eigenvalue weighted by atomic mass is 10.2. The Kier molecular flexibility index (Phi) is 4.89. The second-order valence-electron chi connectivity index (χ2n) is 4.34. The van der Waals surface area contributed by atoms with Gasteiger partial charge in [0.1, 0.15) is 11.4 Å². The highest BCUT2D eigenvalue weighted by Gasteiger charge is 2.16. The molecular formula is C14H15N3O3S. The molecule has 0 saturated carbocycles. The smallest absolute Gasteiger partial charge is 0.342 e. The molecule has 2 N–H and O–H groups in total. The number of nitrogens with two attached hydrogens (primary N) is 1. The highest BCUT2D eigenvalue weighted by atomic mass is 32.1. The van der Waals surface area contributed by atoms with E-state index in [2.05, 4.69) is 4.98 Å². The molecule has 0 unspecified atom stereocenters. The number of aromatic nitrogens is 1. The zero-order valence-corrected chi connectivity index (χ0v) is 12.3. The highest BCUT2D eigenvalue weighted by Crippen LogP contribution is 2.11. The SMILES string of the molecule is CN(Cc1cccs1)C(=O)COC(=O)c1cccnc1N. The van der Waals surface area contributed by atoms with Gasteiger partial charge in [-0.1, -0.05) is 6.07 Å². The quantitative estimate of drug-likeness (QED) is 0.847. The van der Waals surface area contributed by atoms with Crippen molar-refractivity contribution < 1.29 is 14.3 Å². The van der Waals surface area contributed by atoms with Gasteiger partial charge < -0.3 is 15.4 Å². The highest BCUT2D eigenvalue weighted by molar-refractivity contribution is 7.09. The third kappa shape index (κ3) is 4.03. The van der Waals surface area contributed by atoms with Gasteiger partial charge in [-0.15, -0.1) is 11.3 Å². The summed E-state index contributed by atoms with van der Waals surface area (Å²) in [6, 6.07) is 6.95. The Balaban J connectivity index is 1.86. The Morgan fingerprint density at radius 3 is 2.86 bits per heavy atom. The number of hydrogen-bond donors (Lipinski definition) is 1. The predicted octanol–water partition coefficient (Wildman–Crippen LogP) is 1.54. The number of nitrogen functional groups attached to an aromatic ring is 1. The van der Waals surface area contributed by atoms with Crippen molar-refractivity contribution in [3.63, 3.8) is 0 Å². The van der Waals surface area contributed by atoms with E-state index >= 15 is 0 Å². The standard InChI is InChI=1S/C14H15N3O3S/c1-17(8-10-4-3-7-21-10)12(18)9-20-14(19)11-5-2-6-16-13(11)15/h2-7H,8-9H2,1H3,(H2,15,16). The van der Waals surface area contributed by atoms with Crippen molar-refractivity contribution in [1.82, 2.24) is 9.88 Å². The molecule has 21 heavy (non-hydrogen) atoms. The van der Waals surface area contributed by atoms with Crippen molar-refractivity contribution in [3.8, 4) is 0 Å². The number of hydrogen-bond acceptors (Lipinski definition) is 6. The molecule has 0 spiro atoms. The molecule has 2 aromatic rings. The number of amides is 1. The average molecular weight is 305 g/mol. The predicted molar refractivity (Wildman–Crippen MR) is 79.7 cm³/mol. The third-order valence-corrected chi connectivity index (χ3v) is 3.65. The van der Waals surface area contributed by atoms with E-state index in [0.717, 1.165) is 4.88 Å². The molecule has 0 saturated heterocycles. The molecule has 0 radical (unpaired) electrons. The second kappa shape index (κ2) is 6.85. The molecule has 0 aromatic carbocycles. The van der Waals surface area contributed by atoms with E-state index < -0.39 is 5.97 Å². The number of nitrogens with zero attached hydrogens (tertiary/aromatic N) is 2. The zero-order chi connectivity index (χ0) is 15.2. The summed E-state index contributed by atoms with van der Waals surface area (Å²) in [4.78, 5) is 30.1. The van der Waals surface area contributed by atoms with Crippen molar-refractivity contribution >= 4 is 29.0 Å². The molecule has 110 valence electrons. The first-order valence-electron chi connectivity index (χ1n) is 6.22. The molecule has 1 amide bonds. The maximum atomic E-state index is 11.9. The summed E-state index contributed by atoms with van der Waals surface area (Å²) < 4.78 is 4.96. The summed E-state index contributed by atoms with van der Waals surface area (Å²) in [6.45, 7) is 0.165. The fraction of sp³-hybridized carbons (Fsp3) is 0.214. The molecule has 2 rings (SSSR count). The van der Waals surface area contributed by atoms with Crippen LogP contribution in [0.15, 0.2) is 35.8 Å². The molecule has 0 aliphatic heterocycles. The first-order valence-corrected chi connectivity index (χ1v) is 7.10. The fourth-order valence-corrected chi connectivity index (χ4v) is 2.39. The van der Waals surface area contributed by atoms with E-state index in [-0.39, 0.29) is 23.9 Å². The number of anilines is 1. The van der Waals surface area contributed by atoms with E-state index in [4.69, 9.17) is 10.5 Å². The van der Waals surface area contributed by atoms with Crippen molar-refractivity contribution in [2.24, 2.45) is 0 Å². The largest absolute Gasteiger partial charge is 0.452 e. The van der Waals surface area contributed by atoms with Gasteiger partial charge in [0.05, 0.1) is 6.54 Å². The number of carbonyl (C=O) groups is 2. The molecule has 2 heterocycles.